The van der Waals surface area contributed by atoms with E-state index in [-0.39, 0.29) is 11.7 Å². The predicted octanol–water partition coefficient (Wildman–Crippen LogP) is 5.44. The zero-order chi connectivity index (χ0) is 21.1. The summed E-state index contributed by atoms with van der Waals surface area (Å²) in [5.74, 6) is -0.336. The van der Waals surface area contributed by atoms with Crippen molar-refractivity contribution in [2.24, 2.45) is 0 Å². The summed E-state index contributed by atoms with van der Waals surface area (Å²) >= 11 is 1.27. The van der Waals surface area contributed by atoms with Crippen molar-refractivity contribution in [1.82, 2.24) is 15.2 Å². The summed E-state index contributed by atoms with van der Waals surface area (Å²) in [6.07, 6.45) is 3.54. The zero-order valence-corrected chi connectivity index (χ0v) is 18.9. The molecule has 1 amide bonds. The van der Waals surface area contributed by atoms with Crippen LogP contribution in [-0.4, -0.2) is 42.5 Å². The van der Waals surface area contributed by atoms with Crippen LogP contribution in [0.5, 0.6) is 0 Å². The second kappa shape index (κ2) is 12.6. The number of nitrogens with one attached hydrogen (secondary N) is 1. The molecule has 4 nitrogen and oxygen atoms in total. The van der Waals surface area contributed by atoms with E-state index >= 15 is 0 Å². The van der Waals surface area contributed by atoms with Crippen LogP contribution in [0.1, 0.15) is 61.0 Å². The highest BCUT2D eigenvalue weighted by Gasteiger charge is 2.21. The summed E-state index contributed by atoms with van der Waals surface area (Å²) in [5, 5.41) is 3.64. The molecule has 0 spiro atoms. The Balaban J connectivity index is 0.000000892. The van der Waals surface area contributed by atoms with Crippen molar-refractivity contribution >= 4 is 17.2 Å². The van der Waals surface area contributed by atoms with Gasteiger partial charge >= 0.3 is 0 Å². The molecule has 1 aromatic heterocycles. The molecular weight excluding hydrogens is 373 g/mol. The van der Waals surface area contributed by atoms with Gasteiger partial charge in [-0.05, 0) is 52.9 Å². The number of rotatable bonds is 8. The molecule has 0 saturated carbocycles. The van der Waals surface area contributed by atoms with Gasteiger partial charge in [-0.25, -0.2) is 9.37 Å². The molecular formula is C22H34FN3OS. The van der Waals surface area contributed by atoms with Crippen LogP contribution in [-0.2, 0) is 0 Å². The van der Waals surface area contributed by atoms with E-state index in [4.69, 9.17) is 0 Å². The van der Waals surface area contributed by atoms with Gasteiger partial charge in [0.25, 0.3) is 5.91 Å². The van der Waals surface area contributed by atoms with Crippen LogP contribution in [0, 0.1) is 19.7 Å². The highest BCUT2D eigenvalue weighted by molar-refractivity contribution is 7.17. The van der Waals surface area contributed by atoms with Crippen LogP contribution in [0.25, 0.3) is 10.6 Å². The average molecular weight is 408 g/mol. The quantitative estimate of drug-likeness (QED) is 0.592. The summed E-state index contributed by atoms with van der Waals surface area (Å²) in [6, 6.07) is 4.94. The van der Waals surface area contributed by atoms with E-state index in [2.05, 4.69) is 24.1 Å². The zero-order valence-electron chi connectivity index (χ0n) is 18.1. The molecule has 0 aliphatic heterocycles. The molecule has 2 aromatic rings. The van der Waals surface area contributed by atoms with E-state index in [1.165, 1.54) is 30.2 Å². The maximum atomic E-state index is 14.1. The Kier molecular flexibility index (Phi) is 10.9. The lowest BCUT2D eigenvalue weighted by molar-refractivity contribution is 0.0766. The van der Waals surface area contributed by atoms with Crippen molar-refractivity contribution in [3.8, 4) is 10.6 Å². The van der Waals surface area contributed by atoms with Crippen molar-refractivity contribution in [3.63, 3.8) is 0 Å². The molecule has 1 N–H and O–H groups in total. The fraction of sp³-hybridized carbons (Fsp3) is 0.545. The lowest BCUT2D eigenvalue weighted by Crippen LogP contribution is -2.32. The van der Waals surface area contributed by atoms with Gasteiger partial charge < -0.3 is 10.2 Å². The molecule has 28 heavy (non-hydrogen) atoms. The van der Waals surface area contributed by atoms with Gasteiger partial charge in [-0.3, -0.25) is 4.79 Å². The molecule has 1 aromatic carbocycles. The Morgan fingerprint density at radius 3 is 2.46 bits per heavy atom. The second-order valence-electron chi connectivity index (χ2n) is 6.76. The van der Waals surface area contributed by atoms with Crippen molar-refractivity contribution in [2.45, 2.75) is 53.9 Å². The number of aromatic nitrogens is 1. The Labute approximate surface area is 173 Å². The molecule has 2 rings (SSSR count). The number of thiazole rings is 1. The lowest BCUT2D eigenvalue weighted by Gasteiger charge is -2.20. The number of amides is 1. The summed E-state index contributed by atoms with van der Waals surface area (Å²) < 4.78 is 14.1. The third kappa shape index (κ3) is 6.99. The van der Waals surface area contributed by atoms with Crippen molar-refractivity contribution in [2.75, 3.05) is 26.7 Å². The van der Waals surface area contributed by atoms with E-state index in [1.807, 2.05) is 32.7 Å². The van der Waals surface area contributed by atoms with E-state index in [0.29, 0.717) is 34.2 Å². The Morgan fingerprint density at radius 1 is 1.21 bits per heavy atom. The summed E-state index contributed by atoms with van der Waals surface area (Å²) in [7, 11) is 1.90. The minimum absolute atomic E-state index is 0.0251. The molecule has 0 aliphatic carbocycles. The fourth-order valence-corrected chi connectivity index (χ4v) is 3.56. The monoisotopic (exact) mass is 407 g/mol. The van der Waals surface area contributed by atoms with E-state index in [0.717, 1.165) is 18.5 Å². The van der Waals surface area contributed by atoms with Gasteiger partial charge in [0.15, 0.2) is 0 Å². The van der Waals surface area contributed by atoms with Gasteiger partial charge in [-0.1, -0.05) is 38.3 Å². The molecule has 156 valence electrons. The molecule has 0 radical (unpaired) electrons. The Hall–Kier alpha value is -1.79. The standard InChI is InChI=1S/C18H24FN3OS.C4H10/c1-5-22(10-6-9-20-4)18(23)16-13(3)21-17(24-16)14-11-12(2)7-8-15(14)19;1-3-4-2/h7-8,11,20H,5-6,9-10H2,1-4H3;3-4H2,1-2H3. The molecule has 0 bridgehead atoms. The second-order valence-corrected chi connectivity index (χ2v) is 7.76. The summed E-state index contributed by atoms with van der Waals surface area (Å²) in [4.78, 5) is 19.6. The number of benzene rings is 1. The number of nitrogens with zero attached hydrogens (tertiary/aromatic N) is 2. The summed E-state index contributed by atoms with van der Waals surface area (Å²) in [5.41, 5.74) is 2.09. The molecule has 1 heterocycles. The first-order valence-electron chi connectivity index (χ1n) is 10.1. The van der Waals surface area contributed by atoms with Gasteiger partial charge in [0.2, 0.25) is 0 Å². The first kappa shape index (κ1) is 24.2. The van der Waals surface area contributed by atoms with Crippen molar-refractivity contribution in [3.05, 3.63) is 40.2 Å². The van der Waals surface area contributed by atoms with Crippen LogP contribution in [0.2, 0.25) is 0 Å². The van der Waals surface area contributed by atoms with Crippen LogP contribution in [0.4, 0.5) is 4.39 Å². The van der Waals surface area contributed by atoms with Crippen LogP contribution < -0.4 is 5.32 Å². The number of hydrogen-bond acceptors (Lipinski definition) is 4. The van der Waals surface area contributed by atoms with Gasteiger partial charge in [0.1, 0.15) is 15.7 Å². The van der Waals surface area contributed by atoms with Gasteiger partial charge in [0.05, 0.1) is 5.69 Å². The lowest BCUT2D eigenvalue weighted by atomic mass is 10.1. The third-order valence-corrected chi connectivity index (χ3v) is 5.55. The van der Waals surface area contributed by atoms with E-state index < -0.39 is 0 Å². The fourth-order valence-electron chi connectivity index (χ4n) is 2.51. The van der Waals surface area contributed by atoms with Crippen molar-refractivity contribution in [1.29, 1.82) is 0 Å². The first-order valence-corrected chi connectivity index (χ1v) is 10.9. The van der Waals surface area contributed by atoms with Crippen LogP contribution in [0.15, 0.2) is 18.2 Å². The van der Waals surface area contributed by atoms with Gasteiger partial charge in [0, 0.05) is 18.7 Å². The molecule has 0 fully saturated rings. The number of carbonyl (C=O) groups excluding carboxylic acids is 1. The molecule has 0 atom stereocenters. The van der Waals surface area contributed by atoms with Crippen LogP contribution >= 0.6 is 11.3 Å². The molecule has 0 saturated heterocycles. The maximum Gasteiger partial charge on any atom is 0.265 e. The molecule has 0 aliphatic rings. The molecule has 0 unspecified atom stereocenters. The smallest absolute Gasteiger partial charge is 0.265 e. The van der Waals surface area contributed by atoms with Gasteiger partial charge in [-0.15, -0.1) is 11.3 Å². The maximum absolute atomic E-state index is 14.1. The topological polar surface area (TPSA) is 45.2 Å². The highest BCUT2D eigenvalue weighted by Crippen LogP contribution is 2.31. The largest absolute Gasteiger partial charge is 0.338 e. The minimum Gasteiger partial charge on any atom is -0.338 e. The minimum atomic E-state index is -0.310. The third-order valence-electron chi connectivity index (χ3n) is 4.37. The number of unbranched alkanes of at least 4 members (excludes halogenated alkanes) is 1. The molecule has 6 heteroatoms. The highest BCUT2D eigenvalue weighted by atomic mass is 32.1. The predicted molar refractivity (Wildman–Crippen MR) is 118 cm³/mol. The van der Waals surface area contributed by atoms with Crippen molar-refractivity contribution < 1.29 is 9.18 Å². The van der Waals surface area contributed by atoms with Gasteiger partial charge in [-0.2, -0.15) is 0 Å². The number of aryl methyl sites for hydroxylation is 2. The first-order chi connectivity index (χ1) is 13.4. The van der Waals surface area contributed by atoms with E-state index in [1.54, 1.807) is 12.1 Å². The summed E-state index contributed by atoms with van der Waals surface area (Å²) in [6.45, 7) is 12.3. The van der Waals surface area contributed by atoms with Crippen LogP contribution in [0.3, 0.4) is 0 Å². The Bertz CT molecular complexity index is 743. The number of halogens is 1. The Morgan fingerprint density at radius 2 is 1.89 bits per heavy atom. The van der Waals surface area contributed by atoms with E-state index in [9.17, 15) is 9.18 Å². The normalized spacial score (nSPS) is 10.4. The average Bonchev–Trinajstić information content (AvgIpc) is 3.08. The SMILES string of the molecule is CCCC.CCN(CCCNC)C(=O)c1sc(-c2cc(C)ccc2F)nc1C. The number of carbonyl (C=O) groups is 1. The number of hydrogen-bond donors (Lipinski definition) is 1.